The van der Waals surface area contributed by atoms with Gasteiger partial charge in [-0.2, -0.15) is 5.26 Å². The number of aromatic carboxylic acids is 2. The van der Waals surface area contributed by atoms with Crippen LogP contribution < -0.4 is 11.1 Å². The standard InChI is InChI=1S/C15H13N3O5.C8H6N2O2.2C8H7NO4.C7H8N2O2/c1-9-7-11(17(20)21)3-5-13(9)15(19)16-14-6-4-12(18(22)23)8-10(14)2;1-6-4-8(10(11)12)3-2-7(6)5-9;2*1-5-4-6(9(12)13)2-3-7(5)8(10)11;1-5-4-6(9(10)11)2-3-7(5)8/h3-8H,1-2H3,(H,16,19);2-4H,1H3;2*2-4H,1H3,(H,10,11);2-4H,8H2,1H3. The molecular weight excluding hydrogens is 951 g/mol. The maximum Gasteiger partial charge on any atom is 0.335 e. The van der Waals surface area contributed by atoms with Crippen molar-refractivity contribution in [2.45, 2.75) is 41.5 Å². The van der Waals surface area contributed by atoms with Crippen molar-refractivity contribution in [1.29, 1.82) is 5.26 Å². The monoisotopic (exact) mass is 991 g/mol. The highest BCUT2D eigenvalue weighted by molar-refractivity contribution is 6.05. The van der Waals surface area contributed by atoms with Crippen LogP contribution in [0.4, 0.5) is 45.5 Å². The molecule has 0 aromatic heterocycles. The number of nitrogens with zero attached hydrogens (tertiary/aromatic N) is 7. The van der Waals surface area contributed by atoms with E-state index in [9.17, 15) is 75.1 Å². The smallest absolute Gasteiger partial charge is 0.335 e. The van der Waals surface area contributed by atoms with Gasteiger partial charge in [0, 0.05) is 89.7 Å². The molecule has 0 bridgehead atoms. The Labute approximate surface area is 406 Å². The van der Waals surface area contributed by atoms with Crippen LogP contribution in [0.2, 0.25) is 0 Å². The van der Waals surface area contributed by atoms with Crippen LogP contribution in [0.15, 0.2) is 109 Å². The highest BCUT2D eigenvalue weighted by Gasteiger charge is 2.17. The molecular formula is C46H41N9O17. The van der Waals surface area contributed by atoms with Gasteiger partial charge in [-0.25, -0.2) is 9.59 Å². The van der Waals surface area contributed by atoms with Crippen molar-refractivity contribution in [2.24, 2.45) is 0 Å². The zero-order chi connectivity index (χ0) is 54.7. The van der Waals surface area contributed by atoms with Crippen molar-refractivity contribution in [2.75, 3.05) is 11.1 Å². The predicted octanol–water partition coefficient (Wildman–Crippen LogP) is 9.84. The number of anilines is 2. The van der Waals surface area contributed by atoms with Gasteiger partial charge in [-0.15, -0.1) is 0 Å². The van der Waals surface area contributed by atoms with Gasteiger partial charge in [0.2, 0.25) is 0 Å². The topological polar surface area (TPSA) is 412 Å². The van der Waals surface area contributed by atoms with E-state index >= 15 is 0 Å². The molecule has 72 heavy (non-hydrogen) atoms. The van der Waals surface area contributed by atoms with Crippen molar-refractivity contribution in [3.63, 3.8) is 0 Å². The maximum absolute atomic E-state index is 12.3. The van der Waals surface area contributed by atoms with Gasteiger partial charge in [0.25, 0.3) is 40.0 Å². The Hall–Kier alpha value is -10.6. The van der Waals surface area contributed by atoms with Gasteiger partial charge in [0.1, 0.15) is 0 Å². The highest BCUT2D eigenvalue weighted by atomic mass is 16.6. The summed E-state index contributed by atoms with van der Waals surface area (Å²) in [7, 11) is 0. The SMILES string of the molecule is Cc1cc([N+](=O)[O-])ccc1C#N.Cc1cc([N+](=O)[O-])ccc1C(=O)O.Cc1cc([N+](=O)[O-])ccc1C(=O)O.Cc1cc([N+](=O)[O-])ccc1N.Cc1cc([N+](=O)[O-])ccc1NC(=O)c1ccc([N+](=O)[O-])cc1C. The average molecular weight is 992 g/mol. The predicted molar refractivity (Wildman–Crippen MR) is 258 cm³/mol. The number of carbonyl (C=O) groups excluding carboxylic acids is 1. The lowest BCUT2D eigenvalue weighted by Gasteiger charge is -2.10. The van der Waals surface area contributed by atoms with Crippen LogP contribution in [0.5, 0.6) is 0 Å². The Morgan fingerprint density at radius 3 is 1.03 bits per heavy atom. The van der Waals surface area contributed by atoms with E-state index < -0.39 is 47.4 Å². The summed E-state index contributed by atoms with van der Waals surface area (Å²) in [5, 5.41) is 90.9. The van der Waals surface area contributed by atoms with E-state index in [1.54, 1.807) is 27.7 Å². The van der Waals surface area contributed by atoms with Gasteiger partial charge in [-0.05, 0) is 111 Å². The highest BCUT2D eigenvalue weighted by Crippen LogP contribution is 2.24. The average Bonchev–Trinajstić information content (AvgIpc) is 3.30. The van der Waals surface area contributed by atoms with Crippen LogP contribution >= 0.6 is 0 Å². The number of rotatable bonds is 10. The van der Waals surface area contributed by atoms with Gasteiger partial charge in [0.15, 0.2) is 0 Å². The number of nitrogen functional groups attached to an aromatic ring is 1. The van der Waals surface area contributed by atoms with E-state index in [2.05, 4.69) is 5.32 Å². The molecule has 5 N–H and O–H groups in total. The van der Waals surface area contributed by atoms with Crippen LogP contribution in [-0.4, -0.2) is 57.6 Å². The number of carboxylic acid groups (broad SMARTS) is 2. The molecule has 26 nitrogen and oxygen atoms in total. The molecule has 0 unspecified atom stereocenters. The van der Waals surface area contributed by atoms with E-state index in [-0.39, 0.29) is 45.3 Å². The molecule has 6 aromatic carbocycles. The third-order valence-electron chi connectivity index (χ3n) is 9.64. The van der Waals surface area contributed by atoms with Crippen molar-refractivity contribution in [1.82, 2.24) is 0 Å². The molecule has 0 aliphatic heterocycles. The lowest BCUT2D eigenvalue weighted by molar-refractivity contribution is -0.385. The number of hydrogen-bond donors (Lipinski definition) is 4. The second-order valence-electron chi connectivity index (χ2n) is 14.8. The van der Waals surface area contributed by atoms with Gasteiger partial charge < -0.3 is 21.3 Å². The fraction of sp³-hybridized carbons (Fsp3) is 0.130. The zero-order valence-corrected chi connectivity index (χ0v) is 38.6. The van der Waals surface area contributed by atoms with Gasteiger partial charge in [-0.1, -0.05) is 0 Å². The Kier molecular flexibility index (Phi) is 20.9. The number of nitrogens with one attached hydrogen (secondary N) is 1. The summed E-state index contributed by atoms with van der Waals surface area (Å²) in [5.74, 6) is -2.59. The first-order valence-electron chi connectivity index (χ1n) is 20.0. The second-order valence-corrected chi connectivity index (χ2v) is 14.8. The largest absolute Gasteiger partial charge is 0.478 e. The number of carboxylic acids is 2. The van der Waals surface area contributed by atoms with E-state index in [0.717, 1.165) is 5.56 Å². The molecule has 1 amide bonds. The molecule has 0 aliphatic rings. The van der Waals surface area contributed by atoms with Crippen molar-refractivity contribution in [3.05, 3.63) is 226 Å². The number of carbonyl (C=O) groups is 3. The van der Waals surface area contributed by atoms with Gasteiger partial charge >= 0.3 is 11.9 Å². The number of hydrogen-bond acceptors (Lipinski definition) is 17. The summed E-state index contributed by atoms with van der Waals surface area (Å²) in [5.41, 5.74) is 10.4. The number of amides is 1. The zero-order valence-electron chi connectivity index (χ0n) is 38.6. The van der Waals surface area contributed by atoms with Crippen LogP contribution in [0.1, 0.15) is 70.0 Å². The summed E-state index contributed by atoms with van der Waals surface area (Å²) < 4.78 is 0. The van der Waals surface area contributed by atoms with E-state index in [4.69, 9.17) is 21.2 Å². The van der Waals surface area contributed by atoms with Crippen LogP contribution in [0, 0.1) is 114 Å². The Morgan fingerprint density at radius 2 is 0.736 bits per heavy atom. The Bertz CT molecular complexity index is 3100. The number of nitro benzene ring substituents is 6. The van der Waals surface area contributed by atoms with Crippen LogP contribution in [0.25, 0.3) is 0 Å². The third-order valence-corrected chi connectivity index (χ3v) is 9.64. The lowest BCUT2D eigenvalue weighted by Crippen LogP contribution is -2.14. The summed E-state index contributed by atoms with van der Waals surface area (Å²) in [6, 6.07) is 25.8. The van der Waals surface area contributed by atoms with E-state index in [1.807, 2.05) is 6.07 Å². The molecule has 0 atom stereocenters. The van der Waals surface area contributed by atoms with Crippen molar-refractivity contribution < 1.29 is 54.1 Å². The van der Waals surface area contributed by atoms with Gasteiger partial charge in [0.05, 0.1) is 52.3 Å². The first-order chi connectivity index (χ1) is 33.6. The van der Waals surface area contributed by atoms with E-state index in [1.165, 1.54) is 123 Å². The molecule has 26 heteroatoms. The quantitative estimate of drug-likeness (QED) is 0.0563. The first kappa shape index (κ1) is 57.5. The molecule has 372 valence electrons. The fourth-order valence-corrected chi connectivity index (χ4v) is 5.77. The fourth-order valence-electron chi connectivity index (χ4n) is 5.77. The molecule has 0 spiro atoms. The minimum absolute atomic E-state index is 0.0199. The Morgan fingerprint density at radius 1 is 0.444 bits per heavy atom. The first-order valence-corrected chi connectivity index (χ1v) is 20.0. The number of nitriles is 1. The summed E-state index contributed by atoms with van der Waals surface area (Å²) in [6.45, 7) is 9.71. The number of nitro groups is 6. The van der Waals surface area contributed by atoms with Crippen LogP contribution in [-0.2, 0) is 0 Å². The molecule has 0 saturated carbocycles. The number of nitrogens with two attached hydrogens (primary N) is 1. The molecule has 0 radical (unpaired) electrons. The number of benzene rings is 6. The molecule has 0 heterocycles. The molecule has 0 fully saturated rings. The maximum atomic E-state index is 12.3. The lowest BCUT2D eigenvalue weighted by atomic mass is 10.1. The summed E-state index contributed by atoms with van der Waals surface area (Å²) >= 11 is 0. The van der Waals surface area contributed by atoms with E-state index in [0.29, 0.717) is 50.3 Å². The Balaban J connectivity index is 0.000000319. The molecule has 6 aromatic rings. The minimum atomic E-state index is -1.08. The molecule has 6 rings (SSSR count). The normalized spacial score (nSPS) is 9.68. The van der Waals surface area contributed by atoms with Crippen LogP contribution in [0.3, 0.4) is 0 Å². The molecule has 0 saturated heterocycles. The minimum Gasteiger partial charge on any atom is -0.478 e. The second kappa shape index (κ2) is 26.1. The van der Waals surface area contributed by atoms with Gasteiger partial charge in [-0.3, -0.25) is 65.5 Å². The third kappa shape index (κ3) is 16.9. The summed E-state index contributed by atoms with van der Waals surface area (Å²) in [6.07, 6.45) is 0. The number of non-ortho nitro benzene ring substituents is 6. The summed E-state index contributed by atoms with van der Waals surface area (Å²) in [4.78, 5) is 92.8. The van der Waals surface area contributed by atoms with Crippen molar-refractivity contribution in [3.8, 4) is 6.07 Å². The number of aryl methyl sites for hydroxylation is 6. The van der Waals surface area contributed by atoms with Crippen molar-refractivity contribution >= 4 is 63.3 Å². The molecule has 0 aliphatic carbocycles.